The fourth-order valence-corrected chi connectivity index (χ4v) is 2.66. The van der Waals surface area contributed by atoms with Gasteiger partial charge in [0.25, 0.3) is 0 Å². The fraction of sp³-hybridized carbons (Fsp3) is 0.125. The standard InChI is InChI=1S/C16H16S/c1-3-14-8-6-9-15(11-14)12-17-16-10-5-4-7-13(16)2/h3-11H,1,12H2,2H3. The van der Waals surface area contributed by atoms with Crippen molar-refractivity contribution in [3.63, 3.8) is 0 Å². The molecule has 0 bridgehead atoms. The van der Waals surface area contributed by atoms with E-state index in [0.29, 0.717) is 0 Å². The summed E-state index contributed by atoms with van der Waals surface area (Å²) >= 11 is 1.89. The fourth-order valence-electron chi connectivity index (χ4n) is 1.69. The van der Waals surface area contributed by atoms with E-state index in [4.69, 9.17) is 0 Å². The molecule has 0 atom stereocenters. The third kappa shape index (κ3) is 3.24. The number of aryl methyl sites for hydroxylation is 1. The predicted octanol–water partition coefficient (Wildman–Crippen LogP) is 4.93. The van der Waals surface area contributed by atoms with E-state index in [9.17, 15) is 0 Å². The van der Waals surface area contributed by atoms with Crippen LogP contribution in [0.3, 0.4) is 0 Å². The van der Waals surface area contributed by atoms with Gasteiger partial charge in [0.1, 0.15) is 0 Å². The maximum Gasteiger partial charge on any atom is 0.0232 e. The number of rotatable bonds is 4. The Hall–Kier alpha value is -1.47. The first kappa shape index (κ1) is 12.0. The average Bonchev–Trinajstić information content (AvgIpc) is 2.38. The molecule has 2 aromatic rings. The molecule has 0 fully saturated rings. The first-order chi connectivity index (χ1) is 8.29. The molecule has 2 aromatic carbocycles. The average molecular weight is 240 g/mol. The third-order valence-corrected chi connectivity index (χ3v) is 3.92. The molecule has 0 amide bonds. The lowest BCUT2D eigenvalue weighted by molar-refractivity contribution is 1.29. The summed E-state index contributed by atoms with van der Waals surface area (Å²) in [5.74, 6) is 1.01. The SMILES string of the molecule is C=Cc1cccc(CSc2ccccc2C)c1. The Morgan fingerprint density at radius 2 is 1.94 bits per heavy atom. The summed E-state index contributed by atoms with van der Waals surface area (Å²) in [6.45, 7) is 5.95. The Bertz CT molecular complexity index is 514. The van der Waals surface area contributed by atoms with Crippen LogP contribution in [0.5, 0.6) is 0 Å². The number of hydrogen-bond donors (Lipinski definition) is 0. The van der Waals surface area contributed by atoms with Crippen LogP contribution >= 0.6 is 11.8 Å². The molecule has 0 spiro atoms. The number of benzene rings is 2. The van der Waals surface area contributed by atoms with Crippen LogP contribution in [-0.2, 0) is 5.75 Å². The Labute approximate surface area is 107 Å². The third-order valence-electron chi connectivity index (χ3n) is 2.67. The van der Waals surface area contributed by atoms with Crippen LogP contribution in [-0.4, -0.2) is 0 Å². The summed E-state index contributed by atoms with van der Waals surface area (Å²) < 4.78 is 0. The van der Waals surface area contributed by atoms with Crippen molar-refractivity contribution in [2.24, 2.45) is 0 Å². The molecule has 17 heavy (non-hydrogen) atoms. The Morgan fingerprint density at radius 1 is 1.12 bits per heavy atom. The van der Waals surface area contributed by atoms with E-state index in [1.54, 1.807) is 0 Å². The second-order valence-corrected chi connectivity index (χ2v) is 5.02. The van der Waals surface area contributed by atoms with E-state index in [-0.39, 0.29) is 0 Å². The molecule has 1 heteroatoms. The van der Waals surface area contributed by atoms with Gasteiger partial charge in [-0.1, -0.05) is 55.1 Å². The van der Waals surface area contributed by atoms with Crippen LogP contribution in [0.4, 0.5) is 0 Å². The largest absolute Gasteiger partial charge is 0.121 e. The van der Waals surface area contributed by atoms with Gasteiger partial charge in [0.15, 0.2) is 0 Å². The van der Waals surface area contributed by atoms with Crippen molar-refractivity contribution >= 4 is 17.8 Å². The van der Waals surface area contributed by atoms with E-state index in [2.05, 4.69) is 62.0 Å². The van der Waals surface area contributed by atoms with Crippen molar-refractivity contribution in [2.45, 2.75) is 17.6 Å². The smallest absolute Gasteiger partial charge is 0.0232 e. The topological polar surface area (TPSA) is 0 Å². The maximum absolute atomic E-state index is 3.80. The zero-order valence-electron chi connectivity index (χ0n) is 10.0. The van der Waals surface area contributed by atoms with E-state index in [1.165, 1.54) is 21.6 Å². The molecular formula is C16H16S. The van der Waals surface area contributed by atoms with Gasteiger partial charge in [0.05, 0.1) is 0 Å². The van der Waals surface area contributed by atoms with Crippen molar-refractivity contribution in [3.05, 3.63) is 71.8 Å². The van der Waals surface area contributed by atoms with Crippen molar-refractivity contribution in [2.75, 3.05) is 0 Å². The lowest BCUT2D eigenvalue weighted by Crippen LogP contribution is -1.83. The molecule has 0 aliphatic heterocycles. The van der Waals surface area contributed by atoms with Crippen LogP contribution < -0.4 is 0 Å². The Balaban J connectivity index is 2.07. The molecule has 0 radical (unpaired) electrons. The van der Waals surface area contributed by atoms with Crippen LogP contribution in [0, 0.1) is 6.92 Å². The van der Waals surface area contributed by atoms with Crippen LogP contribution in [0.1, 0.15) is 16.7 Å². The van der Waals surface area contributed by atoms with Gasteiger partial charge in [-0.25, -0.2) is 0 Å². The minimum absolute atomic E-state index is 1.01. The van der Waals surface area contributed by atoms with Crippen LogP contribution in [0.15, 0.2) is 60.0 Å². The quantitative estimate of drug-likeness (QED) is 0.683. The molecule has 0 aromatic heterocycles. The van der Waals surface area contributed by atoms with Gasteiger partial charge in [-0.05, 0) is 29.7 Å². The summed E-state index contributed by atoms with van der Waals surface area (Å²) in [6.07, 6.45) is 1.89. The second-order valence-electron chi connectivity index (χ2n) is 4.00. The molecule has 0 unspecified atom stereocenters. The second kappa shape index (κ2) is 5.74. The van der Waals surface area contributed by atoms with Crippen molar-refractivity contribution in [1.82, 2.24) is 0 Å². The van der Waals surface area contributed by atoms with Crippen LogP contribution in [0.2, 0.25) is 0 Å². The van der Waals surface area contributed by atoms with Crippen molar-refractivity contribution in [1.29, 1.82) is 0 Å². The summed E-state index contributed by atoms with van der Waals surface area (Å²) in [7, 11) is 0. The summed E-state index contributed by atoms with van der Waals surface area (Å²) in [4.78, 5) is 1.36. The molecule has 0 nitrogen and oxygen atoms in total. The van der Waals surface area contributed by atoms with E-state index in [1.807, 2.05) is 17.8 Å². The van der Waals surface area contributed by atoms with E-state index >= 15 is 0 Å². The minimum atomic E-state index is 1.01. The molecule has 0 N–H and O–H groups in total. The molecule has 0 saturated heterocycles. The highest BCUT2D eigenvalue weighted by atomic mass is 32.2. The normalized spacial score (nSPS) is 10.2. The Morgan fingerprint density at radius 3 is 2.71 bits per heavy atom. The minimum Gasteiger partial charge on any atom is -0.121 e. The highest BCUT2D eigenvalue weighted by Gasteiger charge is 1.99. The lowest BCUT2D eigenvalue weighted by Gasteiger charge is -2.05. The summed E-state index contributed by atoms with van der Waals surface area (Å²) in [6, 6.07) is 17.0. The summed E-state index contributed by atoms with van der Waals surface area (Å²) in [5, 5.41) is 0. The summed E-state index contributed by atoms with van der Waals surface area (Å²) in [5.41, 5.74) is 3.88. The van der Waals surface area contributed by atoms with Gasteiger partial charge in [-0.3, -0.25) is 0 Å². The molecule has 0 heterocycles. The molecule has 2 rings (SSSR count). The van der Waals surface area contributed by atoms with Gasteiger partial charge in [-0.15, -0.1) is 11.8 Å². The molecule has 0 aliphatic carbocycles. The number of hydrogen-bond acceptors (Lipinski definition) is 1. The van der Waals surface area contributed by atoms with Gasteiger partial charge in [0, 0.05) is 10.6 Å². The van der Waals surface area contributed by atoms with Crippen LogP contribution in [0.25, 0.3) is 6.08 Å². The Kier molecular flexibility index (Phi) is 4.05. The van der Waals surface area contributed by atoms with Crippen molar-refractivity contribution in [3.8, 4) is 0 Å². The first-order valence-corrected chi connectivity index (χ1v) is 6.68. The molecule has 0 saturated carbocycles. The molecular weight excluding hydrogens is 224 g/mol. The monoisotopic (exact) mass is 240 g/mol. The highest BCUT2D eigenvalue weighted by Crippen LogP contribution is 2.25. The lowest BCUT2D eigenvalue weighted by atomic mass is 10.1. The highest BCUT2D eigenvalue weighted by molar-refractivity contribution is 7.98. The zero-order chi connectivity index (χ0) is 12.1. The maximum atomic E-state index is 3.80. The zero-order valence-corrected chi connectivity index (χ0v) is 10.8. The number of thioether (sulfide) groups is 1. The molecule has 0 aliphatic rings. The first-order valence-electron chi connectivity index (χ1n) is 5.69. The van der Waals surface area contributed by atoms with E-state index in [0.717, 1.165) is 5.75 Å². The van der Waals surface area contributed by atoms with Gasteiger partial charge in [-0.2, -0.15) is 0 Å². The van der Waals surface area contributed by atoms with Gasteiger partial charge in [0.2, 0.25) is 0 Å². The van der Waals surface area contributed by atoms with E-state index < -0.39 is 0 Å². The molecule has 86 valence electrons. The van der Waals surface area contributed by atoms with Crippen molar-refractivity contribution < 1.29 is 0 Å². The van der Waals surface area contributed by atoms with Gasteiger partial charge < -0.3 is 0 Å². The predicted molar refractivity (Wildman–Crippen MR) is 77.3 cm³/mol. The van der Waals surface area contributed by atoms with Gasteiger partial charge >= 0.3 is 0 Å².